The quantitative estimate of drug-likeness (QED) is 0.0586. The third kappa shape index (κ3) is 12.1. The van der Waals surface area contributed by atoms with Crippen LogP contribution in [-0.4, -0.2) is 107 Å². The van der Waals surface area contributed by atoms with E-state index in [1.165, 1.54) is 39.9 Å². The maximum atomic E-state index is 14.5. The van der Waals surface area contributed by atoms with Crippen LogP contribution in [0.5, 0.6) is 0 Å². The minimum absolute atomic E-state index is 0.0827. The lowest BCUT2D eigenvalue weighted by Crippen LogP contribution is -2.54. The molecule has 0 radical (unpaired) electrons. The number of ether oxygens (including phenoxy) is 2. The van der Waals surface area contributed by atoms with Crippen LogP contribution >= 0.6 is 0 Å². The summed E-state index contributed by atoms with van der Waals surface area (Å²) in [5, 5.41) is 13.8. The summed E-state index contributed by atoms with van der Waals surface area (Å²) < 4.78 is 45.3. The second-order valence-electron chi connectivity index (χ2n) is 23.9. The van der Waals surface area contributed by atoms with Crippen LogP contribution in [0.25, 0.3) is 0 Å². The highest BCUT2D eigenvalue weighted by Crippen LogP contribution is 2.47. The Bertz CT molecular complexity index is 2210. The lowest BCUT2D eigenvalue weighted by atomic mass is 9.96. The summed E-state index contributed by atoms with van der Waals surface area (Å²) in [6.45, 7) is 42.9. The molecule has 0 spiro atoms. The Morgan fingerprint density at radius 2 is 1.00 bits per heavy atom. The van der Waals surface area contributed by atoms with Gasteiger partial charge in [0.05, 0.1) is 12.7 Å². The fourth-order valence-electron chi connectivity index (χ4n) is 6.77. The third-order valence-electron chi connectivity index (χ3n) is 15.1. The van der Waals surface area contributed by atoms with Gasteiger partial charge in [-0.2, -0.15) is 0 Å². The zero-order valence-electron chi connectivity index (χ0n) is 42.5. The van der Waals surface area contributed by atoms with E-state index in [1.54, 1.807) is 0 Å². The average Bonchev–Trinajstić information content (AvgIpc) is 3.59. The van der Waals surface area contributed by atoms with Crippen molar-refractivity contribution in [2.75, 3.05) is 13.2 Å². The molecular weight excluding hydrogens is 887 g/mol. The van der Waals surface area contributed by atoms with Gasteiger partial charge in [-0.05, 0) is 72.5 Å². The van der Waals surface area contributed by atoms with Crippen LogP contribution in [0.1, 0.15) is 102 Å². The Morgan fingerprint density at radius 1 is 0.609 bits per heavy atom. The molecule has 2 aliphatic heterocycles. The monoisotopic (exact) mass is 968 g/mol. The van der Waals surface area contributed by atoms with Crippen molar-refractivity contribution in [2.45, 2.75) is 205 Å². The van der Waals surface area contributed by atoms with Crippen LogP contribution in [0.2, 0.25) is 72.5 Å². The average molecular weight is 968 g/mol. The minimum Gasteiger partial charge on any atom is -0.624 e. The summed E-state index contributed by atoms with van der Waals surface area (Å²) in [6, 6.07) is 2.54. The van der Waals surface area contributed by atoms with Gasteiger partial charge in [0.15, 0.2) is 52.3 Å². The summed E-state index contributed by atoms with van der Waals surface area (Å²) in [5.41, 5.74) is -2.39. The molecule has 2 aromatic rings. The van der Waals surface area contributed by atoms with Crippen LogP contribution < -0.4 is 22.5 Å². The van der Waals surface area contributed by atoms with Crippen molar-refractivity contribution in [1.29, 1.82) is 0 Å². The number of hydrogen-bond acceptors (Lipinski definition) is 11. The van der Waals surface area contributed by atoms with Gasteiger partial charge in [-0.15, -0.1) is 0 Å². The molecule has 0 aromatic carbocycles. The predicted molar refractivity (Wildman–Crippen MR) is 262 cm³/mol. The maximum absolute atomic E-state index is 14.5. The third-order valence-corrected chi connectivity index (χ3v) is 33.0. The van der Waals surface area contributed by atoms with E-state index in [2.05, 4.69) is 145 Å². The first kappa shape index (κ1) is 54.1. The van der Waals surface area contributed by atoms with Gasteiger partial charge in [0.25, 0.3) is 11.1 Å². The lowest BCUT2D eigenvalue weighted by molar-refractivity contribution is -0.468. The molecule has 0 amide bonds. The summed E-state index contributed by atoms with van der Waals surface area (Å²) in [6.07, 6.45) is -1.08. The Balaban J connectivity index is 1.84. The molecule has 2 aliphatic rings. The van der Waals surface area contributed by atoms with Gasteiger partial charge in [-0.3, -0.25) is 28.7 Å². The van der Waals surface area contributed by atoms with Gasteiger partial charge in [0, 0.05) is 36.9 Å². The molecule has 8 unspecified atom stereocenters. The van der Waals surface area contributed by atoms with Crippen molar-refractivity contribution >= 4 is 39.5 Å². The second-order valence-corrected chi connectivity index (χ2v) is 43.0. The summed E-state index contributed by atoms with van der Waals surface area (Å²) in [4.78, 5) is 56.1. The van der Waals surface area contributed by atoms with Gasteiger partial charge in [0.2, 0.25) is 0 Å². The highest BCUT2D eigenvalue weighted by atomic mass is 28.4. The van der Waals surface area contributed by atoms with E-state index in [4.69, 9.17) is 27.2 Å². The van der Waals surface area contributed by atoms with E-state index < -0.39 is 105 Å². The molecule has 2 saturated heterocycles. The lowest BCUT2D eigenvalue weighted by Gasteiger charge is -2.44. The first-order valence-corrected chi connectivity index (χ1v) is 34.3. The Morgan fingerprint density at radius 3 is 1.42 bits per heavy atom. The number of nitrogens with one attached hydrogen (secondary N) is 2. The van der Waals surface area contributed by atoms with Gasteiger partial charge in [-0.1, -0.05) is 83.1 Å². The molecule has 2 aromatic heterocycles. The molecule has 16 nitrogen and oxygen atoms in total. The standard InChI is InChI=1S/C44H81N5O11Si4/c1-41(2,3)61(13,14)55-28-31-34(58-62(15,16)42(4,5)6)29(37(57-31)48-25-22-32(50)45-39(48)52)21-24-47(54)27-30-35(59-63(17,18)43(7,8)9)36(60-64(19,20)44(10,11)12)38(56-30)49-26-23-33(51)46-40(49)53/h22-26,29-31,34-38H,21,27-28H2,1-20H3,(H,45,50,52)(H,46,51,53)/b47-24+. The molecule has 364 valence electrons. The first-order valence-electron chi connectivity index (χ1n) is 22.7. The first-order chi connectivity index (χ1) is 28.8. The SMILES string of the molecule is CC(C)(C)[Si](C)(C)OCC1OC(n2ccc(=O)[nH]c2=O)C(C/C=[N+](/[O-])CC2OC(n3ccc(=O)[nH]c3=O)C(O[Si](C)(C)C(C)(C)C)C2O[Si](C)(C)C(C)(C)C)C1O[Si](C)(C)C(C)(C)C. The van der Waals surface area contributed by atoms with E-state index in [-0.39, 0.29) is 39.7 Å². The number of hydroxylamine groups is 1. The minimum atomic E-state index is -2.58. The fourth-order valence-corrected chi connectivity index (χ4v) is 11.7. The molecule has 20 heteroatoms. The van der Waals surface area contributed by atoms with Crippen LogP contribution in [0.3, 0.4) is 0 Å². The zero-order chi connectivity index (χ0) is 49.0. The Kier molecular flexibility index (Phi) is 15.9. The Hall–Kier alpha value is -2.54. The van der Waals surface area contributed by atoms with E-state index in [0.29, 0.717) is 0 Å². The number of H-pyrrole nitrogens is 2. The van der Waals surface area contributed by atoms with Crippen molar-refractivity contribution in [3.05, 3.63) is 71.4 Å². The van der Waals surface area contributed by atoms with E-state index in [9.17, 15) is 24.4 Å². The molecular formula is C44H81N5O11Si4. The number of rotatable bonds is 15. The normalized spacial score (nSPS) is 25.9. The molecule has 0 aliphatic carbocycles. The number of nitrogens with zero attached hydrogens (tertiary/aromatic N) is 3. The van der Waals surface area contributed by atoms with Crippen LogP contribution in [0, 0.1) is 11.1 Å². The Labute approximate surface area is 384 Å². The predicted octanol–water partition coefficient (Wildman–Crippen LogP) is 7.66. The number of aromatic amines is 2. The van der Waals surface area contributed by atoms with Gasteiger partial charge in [0.1, 0.15) is 30.6 Å². The van der Waals surface area contributed by atoms with Crippen LogP contribution in [0.4, 0.5) is 0 Å². The molecule has 0 bridgehead atoms. The second kappa shape index (κ2) is 18.9. The van der Waals surface area contributed by atoms with Crippen LogP contribution in [0.15, 0.2) is 43.7 Å². The molecule has 4 heterocycles. The van der Waals surface area contributed by atoms with E-state index in [1.807, 2.05) is 0 Å². The smallest absolute Gasteiger partial charge is 0.330 e. The zero-order valence-corrected chi connectivity index (χ0v) is 46.5. The molecule has 4 rings (SSSR count). The van der Waals surface area contributed by atoms with Crippen molar-refractivity contribution in [2.24, 2.45) is 5.92 Å². The topological polar surface area (TPSA) is 191 Å². The maximum Gasteiger partial charge on any atom is 0.330 e. The largest absolute Gasteiger partial charge is 0.624 e. The molecule has 2 fully saturated rings. The molecule has 64 heavy (non-hydrogen) atoms. The summed E-state index contributed by atoms with van der Waals surface area (Å²) in [7, 11) is -9.94. The van der Waals surface area contributed by atoms with Crippen molar-refractivity contribution in [3.8, 4) is 0 Å². The number of hydrogen-bond donors (Lipinski definition) is 2. The number of aromatic nitrogens is 4. The highest BCUT2D eigenvalue weighted by Gasteiger charge is 2.56. The molecule has 0 saturated carbocycles. The van der Waals surface area contributed by atoms with E-state index in [0.717, 1.165) is 4.74 Å². The van der Waals surface area contributed by atoms with E-state index >= 15 is 0 Å². The van der Waals surface area contributed by atoms with Gasteiger partial charge >= 0.3 is 11.4 Å². The fraction of sp³-hybridized carbons (Fsp3) is 0.795. The van der Waals surface area contributed by atoms with Crippen molar-refractivity contribution in [1.82, 2.24) is 19.1 Å². The highest BCUT2D eigenvalue weighted by molar-refractivity contribution is 6.75. The van der Waals surface area contributed by atoms with Gasteiger partial charge in [-0.25, -0.2) is 14.3 Å². The van der Waals surface area contributed by atoms with Crippen molar-refractivity contribution < 1.29 is 31.9 Å². The molecule has 2 N–H and O–H groups in total. The van der Waals surface area contributed by atoms with Crippen LogP contribution in [-0.2, 0) is 27.2 Å². The van der Waals surface area contributed by atoms with Crippen molar-refractivity contribution in [3.63, 3.8) is 0 Å². The molecule has 8 atom stereocenters. The summed E-state index contributed by atoms with van der Waals surface area (Å²) >= 11 is 0. The van der Waals surface area contributed by atoms with Gasteiger partial charge < -0.3 is 32.4 Å². The summed E-state index contributed by atoms with van der Waals surface area (Å²) in [5.74, 6) is -0.562.